The lowest BCUT2D eigenvalue weighted by Gasteiger charge is -2.11. The highest BCUT2D eigenvalue weighted by Gasteiger charge is 2.09. The Morgan fingerprint density at radius 1 is 0.862 bits per heavy atom. The number of hydrogen-bond donors (Lipinski definition) is 3. The normalized spacial score (nSPS) is 10.6. The van der Waals surface area contributed by atoms with Gasteiger partial charge in [-0.25, -0.2) is 9.78 Å². The van der Waals surface area contributed by atoms with Gasteiger partial charge >= 0.3 is 6.03 Å². The number of imidazole rings is 1. The van der Waals surface area contributed by atoms with Gasteiger partial charge in [-0.1, -0.05) is 24.3 Å². The summed E-state index contributed by atoms with van der Waals surface area (Å²) in [5, 5.41) is 5.62. The molecule has 3 N–H and O–H groups in total. The molecule has 0 aliphatic rings. The molecule has 7 heteroatoms. The number of nitrogens with one attached hydrogen (secondary N) is 3. The number of ether oxygens (including phenoxy) is 2. The molecule has 0 bridgehead atoms. The van der Waals surface area contributed by atoms with E-state index in [4.69, 9.17) is 9.47 Å². The first-order valence-electron chi connectivity index (χ1n) is 9.01. The van der Waals surface area contributed by atoms with Gasteiger partial charge in [0.05, 0.1) is 25.3 Å². The minimum Gasteiger partial charge on any atom is -0.493 e. The van der Waals surface area contributed by atoms with Crippen molar-refractivity contribution in [2.24, 2.45) is 0 Å². The van der Waals surface area contributed by atoms with Gasteiger partial charge in [0.25, 0.3) is 0 Å². The number of anilines is 2. The van der Waals surface area contributed by atoms with Crippen LogP contribution in [0.25, 0.3) is 22.4 Å². The molecule has 0 saturated carbocycles. The summed E-state index contributed by atoms with van der Waals surface area (Å²) in [5.41, 5.74) is 3.98. The molecule has 0 saturated heterocycles. The number of amides is 2. The summed E-state index contributed by atoms with van der Waals surface area (Å²) in [7, 11) is 3.11. The molecule has 0 unspecified atom stereocenters. The number of H-pyrrole nitrogens is 1. The van der Waals surface area contributed by atoms with Crippen molar-refractivity contribution >= 4 is 28.4 Å². The van der Waals surface area contributed by atoms with Crippen molar-refractivity contribution in [1.82, 2.24) is 9.97 Å². The molecular formula is C22H20N4O3. The second-order valence-electron chi connectivity index (χ2n) is 6.33. The summed E-state index contributed by atoms with van der Waals surface area (Å²) >= 11 is 0. The number of aromatic amines is 1. The first-order valence-corrected chi connectivity index (χ1v) is 9.01. The number of nitrogens with zero attached hydrogens (tertiary/aromatic N) is 1. The monoisotopic (exact) mass is 388 g/mol. The SMILES string of the molecule is COc1ccc(NC(=O)Nc2cccc(-c3nc4ccccc4[nH]3)c2)cc1OC. The molecule has 0 aliphatic carbocycles. The predicted molar refractivity (Wildman–Crippen MR) is 114 cm³/mol. The molecule has 146 valence electrons. The minimum absolute atomic E-state index is 0.362. The second-order valence-corrected chi connectivity index (χ2v) is 6.33. The lowest BCUT2D eigenvalue weighted by molar-refractivity contribution is 0.262. The molecule has 0 atom stereocenters. The summed E-state index contributed by atoms with van der Waals surface area (Å²) in [4.78, 5) is 20.3. The quantitative estimate of drug-likeness (QED) is 0.454. The van der Waals surface area contributed by atoms with Crippen molar-refractivity contribution in [1.29, 1.82) is 0 Å². The molecule has 0 aliphatic heterocycles. The number of aromatic nitrogens is 2. The highest BCUT2D eigenvalue weighted by Crippen LogP contribution is 2.30. The molecule has 0 fully saturated rings. The Bertz CT molecular complexity index is 1140. The third-order valence-electron chi connectivity index (χ3n) is 4.42. The van der Waals surface area contributed by atoms with E-state index >= 15 is 0 Å². The zero-order chi connectivity index (χ0) is 20.2. The van der Waals surface area contributed by atoms with E-state index in [0.717, 1.165) is 22.4 Å². The average molecular weight is 388 g/mol. The molecular weight excluding hydrogens is 368 g/mol. The number of carbonyl (C=O) groups excluding carboxylic acids is 1. The Balaban J connectivity index is 1.49. The summed E-state index contributed by atoms with van der Waals surface area (Å²) < 4.78 is 10.5. The fourth-order valence-electron chi connectivity index (χ4n) is 3.04. The number of carbonyl (C=O) groups is 1. The number of fused-ring (bicyclic) bond motifs is 1. The zero-order valence-electron chi connectivity index (χ0n) is 16.0. The summed E-state index contributed by atoms with van der Waals surface area (Å²) in [6.07, 6.45) is 0. The fourth-order valence-corrected chi connectivity index (χ4v) is 3.04. The van der Waals surface area contributed by atoms with Crippen LogP contribution in [-0.4, -0.2) is 30.2 Å². The molecule has 3 aromatic carbocycles. The van der Waals surface area contributed by atoms with Crippen LogP contribution in [0.2, 0.25) is 0 Å². The van der Waals surface area contributed by atoms with Gasteiger partial charge in [-0.3, -0.25) is 0 Å². The standard InChI is InChI=1S/C22H20N4O3/c1-28-19-11-10-16(13-20(19)29-2)24-22(27)23-15-7-5-6-14(12-15)21-25-17-8-3-4-9-18(17)26-21/h3-13H,1-2H3,(H,25,26)(H2,23,24,27). The molecule has 4 rings (SSSR count). The van der Waals surface area contributed by atoms with Crippen LogP contribution in [0.4, 0.5) is 16.2 Å². The number of benzene rings is 3. The Morgan fingerprint density at radius 3 is 2.38 bits per heavy atom. The van der Waals surface area contributed by atoms with Crippen LogP contribution in [0, 0.1) is 0 Å². The first kappa shape index (κ1) is 18.4. The molecule has 1 aromatic heterocycles. The van der Waals surface area contributed by atoms with Crippen LogP contribution < -0.4 is 20.1 Å². The Morgan fingerprint density at radius 2 is 1.62 bits per heavy atom. The molecule has 4 aromatic rings. The van der Waals surface area contributed by atoms with Crippen molar-refractivity contribution in [2.75, 3.05) is 24.9 Å². The van der Waals surface area contributed by atoms with Gasteiger partial charge in [0, 0.05) is 23.0 Å². The Labute approximate surface area is 167 Å². The Kier molecular flexibility index (Phi) is 5.03. The maximum atomic E-state index is 12.4. The summed E-state index contributed by atoms with van der Waals surface area (Å²) in [6.45, 7) is 0. The van der Waals surface area contributed by atoms with Gasteiger partial charge in [0.1, 0.15) is 5.82 Å². The highest BCUT2D eigenvalue weighted by atomic mass is 16.5. The fraction of sp³-hybridized carbons (Fsp3) is 0.0909. The van der Waals surface area contributed by atoms with Crippen molar-refractivity contribution in [3.8, 4) is 22.9 Å². The van der Waals surface area contributed by atoms with Gasteiger partial charge in [0.15, 0.2) is 11.5 Å². The van der Waals surface area contributed by atoms with Crippen LogP contribution in [0.1, 0.15) is 0 Å². The van der Waals surface area contributed by atoms with Crippen molar-refractivity contribution < 1.29 is 14.3 Å². The maximum absolute atomic E-state index is 12.4. The van der Waals surface area contributed by atoms with Crippen LogP contribution in [0.3, 0.4) is 0 Å². The number of hydrogen-bond acceptors (Lipinski definition) is 4. The van der Waals surface area contributed by atoms with Crippen LogP contribution in [0.5, 0.6) is 11.5 Å². The lowest BCUT2D eigenvalue weighted by Crippen LogP contribution is -2.19. The molecule has 29 heavy (non-hydrogen) atoms. The van der Waals surface area contributed by atoms with E-state index in [1.54, 1.807) is 32.4 Å². The van der Waals surface area contributed by atoms with Crippen molar-refractivity contribution in [3.05, 3.63) is 66.7 Å². The van der Waals surface area contributed by atoms with E-state index in [-0.39, 0.29) is 6.03 Å². The number of para-hydroxylation sites is 2. The molecule has 1 heterocycles. The molecule has 0 radical (unpaired) electrons. The van der Waals surface area contributed by atoms with Crippen molar-refractivity contribution in [3.63, 3.8) is 0 Å². The van der Waals surface area contributed by atoms with E-state index in [2.05, 4.69) is 20.6 Å². The van der Waals surface area contributed by atoms with Gasteiger partial charge in [0.2, 0.25) is 0 Å². The van der Waals surface area contributed by atoms with E-state index < -0.39 is 0 Å². The molecule has 7 nitrogen and oxygen atoms in total. The number of methoxy groups -OCH3 is 2. The van der Waals surface area contributed by atoms with E-state index in [1.807, 2.05) is 48.5 Å². The number of rotatable bonds is 5. The molecule has 0 spiro atoms. The summed E-state index contributed by atoms with van der Waals surface area (Å²) in [5.74, 6) is 1.88. The number of urea groups is 1. The average Bonchev–Trinajstić information content (AvgIpc) is 3.18. The van der Waals surface area contributed by atoms with E-state index in [1.165, 1.54) is 0 Å². The van der Waals surface area contributed by atoms with Crippen LogP contribution in [0.15, 0.2) is 66.7 Å². The van der Waals surface area contributed by atoms with Crippen LogP contribution >= 0.6 is 0 Å². The third-order valence-corrected chi connectivity index (χ3v) is 4.42. The van der Waals surface area contributed by atoms with Crippen molar-refractivity contribution in [2.45, 2.75) is 0 Å². The maximum Gasteiger partial charge on any atom is 0.323 e. The van der Waals surface area contributed by atoms with Gasteiger partial charge in [-0.05, 0) is 36.4 Å². The van der Waals surface area contributed by atoms with E-state index in [9.17, 15) is 4.79 Å². The van der Waals surface area contributed by atoms with Crippen LogP contribution in [-0.2, 0) is 0 Å². The largest absolute Gasteiger partial charge is 0.493 e. The smallest absolute Gasteiger partial charge is 0.323 e. The minimum atomic E-state index is -0.362. The van der Waals surface area contributed by atoms with Gasteiger partial charge in [-0.15, -0.1) is 0 Å². The lowest BCUT2D eigenvalue weighted by atomic mass is 10.2. The zero-order valence-corrected chi connectivity index (χ0v) is 16.0. The molecule has 2 amide bonds. The summed E-state index contributed by atoms with van der Waals surface area (Å²) in [6, 6.07) is 20.1. The first-order chi connectivity index (χ1) is 14.2. The predicted octanol–water partition coefficient (Wildman–Crippen LogP) is 4.89. The van der Waals surface area contributed by atoms with Gasteiger partial charge < -0.3 is 25.1 Å². The van der Waals surface area contributed by atoms with E-state index in [0.29, 0.717) is 22.9 Å². The second kappa shape index (κ2) is 7.93. The highest BCUT2D eigenvalue weighted by molar-refractivity contribution is 6.00. The Hall–Kier alpha value is -4.00. The topological polar surface area (TPSA) is 88.3 Å². The third kappa shape index (κ3) is 3.98. The van der Waals surface area contributed by atoms with Gasteiger partial charge in [-0.2, -0.15) is 0 Å².